The highest BCUT2D eigenvalue weighted by Gasteiger charge is 2.33. The highest BCUT2D eigenvalue weighted by Crippen LogP contribution is 2.28. The van der Waals surface area contributed by atoms with Gasteiger partial charge in [0.1, 0.15) is 5.78 Å². The van der Waals surface area contributed by atoms with E-state index in [0.717, 1.165) is 25.7 Å². The lowest BCUT2D eigenvalue weighted by Gasteiger charge is -2.38. The van der Waals surface area contributed by atoms with Crippen LogP contribution in [0.5, 0.6) is 0 Å². The number of carbonyl (C=O) groups excluding carboxylic acids is 1. The fourth-order valence-corrected chi connectivity index (χ4v) is 2.40. The van der Waals surface area contributed by atoms with Gasteiger partial charge in [-0.3, -0.25) is 14.6 Å². The first-order chi connectivity index (χ1) is 7.49. The van der Waals surface area contributed by atoms with E-state index in [1.807, 2.05) is 0 Å². The maximum absolute atomic E-state index is 11.5. The fraction of sp³-hybridized carbons (Fsp3) is 0.923. The second-order valence-corrected chi connectivity index (χ2v) is 5.98. The third-order valence-electron chi connectivity index (χ3n) is 4.04. The van der Waals surface area contributed by atoms with Crippen LogP contribution in [0.25, 0.3) is 0 Å². The summed E-state index contributed by atoms with van der Waals surface area (Å²) in [6.07, 6.45) is 2.80. The average Bonchev–Trinajstić information content (AvgIpc) is 3.01. The number of rotatable bonds is 4. The van der Waals surface area contributed by atoms with Crippen LogP contribution in [-0.2, 0) is 4.79 Å². The van der Waals surface area contributed by atoms with Crippen molar-refractivity contribution in [2.45, 2.75) is 39.7 Å². The van der Waals surface area contributed by atoms with Crippen LogP contribution in [0.2, 0.25) is 0 Å². The van der Waals surface area contributed by atoms with Crippen molar-refractivity contribution in [1.82, 2.24) is 9.80 Å². The molecule has 2 fully saturated rings. The molecular formula is C13H24N2O. The predicted molar refractivity (Wildman–Crippen MR) is 65.5 cm³/mol. The van der Waals surface area contributed by atoms with Crippen molar-refractivity contribution >= 4 is 5.78 Å². The topological polar surface area (TPSA) is 23.6 Å². The van der Waals surface area contributed by atoms with E-state index in [-0.39, 0.29) is 5.41 Å². The molecule has 0 aromatic heterocycles. The average molecular weight is 224 g/mol. The molecule has 0 amide bonds. The van der Waals surface area contributed by atoms with E-state index in [4.69, 9.17) is 0 Å². The van der Waals surface area contributed by atoms with E-state index >= 15 is 0 Å². The minimum absolute atomic E-state index is 0.179. The van der Waals surface area contributed by atoms with Gasteiger partial charge in [-0.05, 0) is 19.8 Å². The van der Waals surface area contributed by atoms with Gasteiger partial charge in [-0.1, -0.05) is 13.8 Å². The van der Waals surface area contributed by atoms with Crippen LogP contribution in [0.4, 0.5) is 0 Å². The number of Topliss-reactive ketones (excluding diaryl/α,β-unsaturated/α-hetero) is 1. The monoisotopic (exact) mass is 224 g/mol. The lowest BCUT2D eigenvalue weighted by Crippen LogP contribution is -2.50. The van der Waals surface area contributed by atoms with Crippen molar-refractivity contribution in [2.75, 3.05) is 32.7 Å². The number of piperazine rings is 1. The summed E-state index contributed by atoms with van der Waals surface area (Å²) in [6, 6.07) is 0.892. The minimum atomic E-state index is -0.179. The third kappa shape index (κ3) is 2.83. The Morgan fingerprint density at radius 3 is 2.19 bits per heavy atom. The number of carbonyl (C=O) groups is 1. The van der Waals surface area contributed by atoms with E-state index in [1.165, 1.54) is 25.9 Å². The molecule has 3 heteroatoms. The van der Waals surface area contributed by atoms with Gasteiger partial charge in [0, 0.05) is 44.2 Å². The zero-order valence-corrected chi connectivity index (χ0v) is 10.8. The molecule has 0 spiro atoms. The maximum atomic E-state index is 11.5. The lowest BCUT2D eigenvalue weighted by atomic mass is 9.88. The van der Waals surface area contributed by atoms with Crippen LogP contribution in [0.1, 0.15) is 33.6 Å². The summed E-state index contributed by atoms with van der Waals surface area (Å²) in [5.74, 6) is 0.303. The van der Waals surface area contributed by atoms with Gasteiger partial charge in [0.2, 0.25) is 0 Å². The Hall–Kier alpha value is -0.410. The van der Waals surface area contributed by atoms with Gasteiger partial charge < -0.3 is 0 Å². The van der Waals surface area contributed by atoms with E-state index < -0.39 is 0 Å². The summed E-state index contributed by atoms with van der Waals surface area (Å²) < 4.78 is 0. The number of ketones is 1. The summed E-state index contributed by atoms with van der Waals surface area (Å²) in [5.41, 5.74) is -0.179. The van der Waals surface area contributed by atoms with Crippen LogP contribution < -0.4 is 0 Å². The van der Waals surface area contributed by atoms with Crippen molar-refractivity contribution in [3.8, 4) is 0 Å². The largest absolute Gasteiger partial charge is 0.300 e. The Balaban J connectivity index is 1.78. The number of hydrogen-bond acceptors (Lipinski definition) is 3. The van der Waals surface area contributed by atoms with Crippen LogP contribution >= 0.6 is 0 Å². The molecule has 3 nitrogen and oxygen atoms in total. The van der Waals surface area contributed by atoms with Crippen molar-refractivity contribution in [1.29, 1.82) is 0 Å². The molecule has 92 valence electrons. The Morgan fingerprint density at radius 1 is 1.19 bits per heavy atom. The molecule has 0 bridgehead atoms. The van der Waals surface area contributed by atoms with Crippen LogP contribution in [0, 0.1) is 5.41 Å². The van der Waals surface area contributed by atoms with E-state index in [9.17, 15) is 4.79 Å². The number of hydrogen-bond donors (Lipinski definition) is 0. The first-order valence-corrected chi connectivity index (χ1v) is 6.46. The highest BCUT2D eigenvalue weighted by atomic mass is 16.1. The Kier molecular flexibility index (Phi) is 3.36. The van der Waals surface area contributed by atoms with Crippen molar-refractivity contribution < 1.29 is 4.79 Å². The van der Waals surface area contributed by atoms with E-state index in [1.54, 1.807) is 6.92 Å². The van der Waals surface area contributed by atoms with Crippen molar-refractivity contribution in [3.05, 3.63) is 0 Å². The van der Waals surface area contributed by atoms with E-state index in [0.29, 0.717) is 5.78 Å². The normalized spacial score (nSPS) is 24.7. The van der Waals surface area contributed by atoms with Gasteiger partial charge in [0.15, 0.2) is 0 Å². The molecule has 2 rings (SSSR count). The third-order valence-corrected chi connectivity index (χ3v) is 4.04. The first-order valence-electron chi connectivity index (χ1n) is 6.46. The molecule has 0 aromatic carbocycles. The quantitative estimate of drug-likeness (QED) is 0.721. The van der Waals surface area contributed by atoms with Gasteiger partial charge in [-0.25, -0.2) is 0 Å². The van der Waals surface area contributed by atoms with Gasteiger partial charge >= 0.3 is 0 Å². The molecule has 0 aromatic rings. The van der Waals surface area contributed by atoms with Crippen LogP contribution in [-0.4, -0.2) is 54.3 Å². The molecule has 1 aliphatic carbocycles. The van der Waals surface area contributed by atoms with Gasteiger partial charge in [0.25, 0.3) is 0 Å². The molecule has 1 aliphatic heterocycles. The summed E-state index contributed by atoms with van der Waals surface area (Å²) in [7, 11) is 0. The van der Waals surface area contributed by atoms with Gasteiger partial charge in [0.05, 0.1) is 0 Å². The molecule has 1 saturated carbocycles. The van der Waals surface area contributed by atoms with E-state index in [2.05, 4.69) is 23.6 Å². The summed E-state index contributed by atoms with van der Waals surface area (Å²) in [4.78, 5) is 16.5. The van der Waals surface area contributed by atoms with Crippen LogP contribution in [0.15, 0.2) is 0 Å². The molecule has 0 N–H and O–H groups in total. The molecular weight excluding hydrogens is 200 g/mol. The highest BCUT2D eigenvalue weighted by molar-refractivity contribution is 5.81. The second-order valence-electron chi connectivity index (χ2n) is 5.98. The number of nitrogens with zero attached hydrogens (tertiary/aromatic N) is 2. The minimum Gasteiger partial charge on any atom is -0.300 e. The zero-order chi connectivity index (χ0) is 11.8. The van der Waals surface area contributed by atoms with Crippen molar-refractivity contribution in [2.24, 2.45) is 5.41 Å². The molecule has 1 saturated heterocycles. The summed E-state index contributed by atoms with van der Waals surface area (Å²) >= 11 is 0. The zero-order valence-electron chi connectivity index (χ0n) is 10.8. The Bertz CT molecular complexity index is 263. The Morgan fingerprint density at radius 2 is 1.75 bits per heavy atom. The molecule has 1 heterocycles. The molecule has 0 atom stereocenters. The summed E-state index contributed by atoms with van der Waals surface area (Å²) in [5, 5.41) is 0. The molecule has 0 radical (unpaired) electrons. The predicted octanol–water partition coefficient (Wildman–Crippen LogP) is 1.38. The standard InChI is InChI=1S/C13H24N2O/c1-11(16)13(2,3)10-14-6-8-15(9-7-14)12-4-5-12/h12H,4-10H2,1-3H3. The van der Waals surface area contributed by atoms with Gasteiger partial charge in [-0.2, -0.15) is 0 Å². The van der Waals surface area contributed by atoms with Gasteiger partial charge in [-0.15, -0.1) is 0 Å². The van der Waals surface area contributed by atoms with Crippen LogP contribution in [0.3, 0.4) is 0 Å². The maximum Gasteiger partial charge on any atom is 0.136 e. The summed E-state index contributed by atoms with van der Waals surface area (Å²) in [6.45, 7) is 11.4. The molecule has 0 unspecified atom stereocenters. The first kappa shape index (κ1) is 12.1. The smallest absolute Gasteiger partial charge is 0.136 e. The second kappa shape index (κ2) is 4.46. The lowest BCUT2D eigenvalue weighted by molar-refractivity contribution is -0.126. The molecule has 2 aliphatic rings. The fourth-order valence-electron chi connectivity index (χ4n) is 2.40. The SMILES string of the molecule is CC(=O)C(C)(C)CN1CCN(C2CC2)CC1. The molecule has 16 heavy (non-hydrogen) atoms. The Labute approximate surface area is 98.8 Å². The van der Waals surface area contributed by atoms with Crippen molar-refractivity contribution in [3.63, 3.8) is 0 Å².